The summed E-state index contributed by atoms with van der Waals surface area (Å²) in [5.74, 6) is -0.469. The molecule has 1 amide bonds. The van der Waals surface area contributed by atoms with E-state index in [0.717, 1.165) is 5.56 Å². The first-order valence-corrected chi connectivity index (χ1v) is 6.45. The summed E-state index contributed by atoms with van der Waals surface area (Å²) in [6, 6.07) is 7.02. The molecular weight excluding hydrogens is 293 g/mol. The molecule has 2 N–H and O–H groups in total. The number of nitrogens with one attached hydrogen (secondary N) is 2. The quantitative estimate of drug-likeness (QED) is 0.848. The van der Waals surface area contributed by atoms with Crippen molar-refractivity contribution in [1.82, 2.24) is 10.6 Å². The van der Waals surface area contributed by atoms with E-state index in [1.807, 2.05) is 11.4 Å². The normalized spacial score (nSPS) is 13.1. The average Bonchev–Trinajstić information content (AvgIpc) is 2.26. The van der Waals surface area contributed by atoms with Crippen LogP contribution in [0.4, 0.5) is 13.2 Å². The van der Waals surface area contributed by atoms with Crippen LogP contribution >= 0.6 is 11.6 Å². The predicted molar refractivity (Wildman–Crippen MR) is 71.7 cm³/mol. The summed E-state index contributed by atoms with van der Waals surface area (Å²) in [6.45, 7) is 0.241. The Balaban J connectivity index is 2.31. The summed E-state index contributed by atoms with van der Waals surface area (Å²) in [4.78, 5) is 11.4. The molecule has 7 heteroatoms. The van der Waals surface area contributed by atoms with Crippen LogP contribution in [0.15, 0.2) is 24.3 Å². The number of rotatable bonds is 6. The van der Waals surface area contributed by atoms with Crippen molar-refractivity contribution < 1.29 is 18.0 Å². The Hall–Kier alpha value is -1.27. The molecule has 0 bridgehead atoms. The van der Waals surface area contributed by atoms with Crippen LogP contribution in [0.5, 0.6) is 0 Å². The van der Waals surface area contributed by atoms with E-state index >= 15 is 0 Å². The standard InChI is InChI=1S/C13H16ClF3N2O/c1-9(5-10-3-2-4-11(14)6-10)19-12(20)7-18-8-13(15,16)17/h2-4,6,9,18H,5,7-8H2,1H3,(H,19,20). The van der Waals surface area contributed by atoms with E-state index in [4.69, 9.17) is 11.6 Å². The highest BCUT2D eigenvalue weighted by Gasteiger charge is 2.26. The molecule has 0 aliphatic carbocycles. The summed E-state index contributed by atoms with van der Waals surface area (Å²) in [5, 5.41) is 5.27. The zero-order chi connectivity index (χ0) is 15.2. The van der Waals surface area contributed by atoms with E-state index in [2.05, 4.69) is 5.32 Å². The van der Waals surface area contributed by atoms with Gasteiger partial charge in [-0.15, -0.1) is 0 Å². The third-order valence-corrected chi connectivity index (χ3v) is 2.68. The number of carbonyl (C=O) groups is 1. The molecule has 1 rings (SSSR count). The van der Waals surface area contributed by atoms with Crippen LogP contribution in [-0.4, -0.2) is 31.2 Å². The zero-order valence-corrected chi connectivity index (χ0v) is 11.7. The first-order chi connectivity index (χ1) is 9.26. The summed E-state index contributed by atoms with van der Waals surface area (Å²) < 4.78 is 35.7. The second-order valence-corrected chi connectivity index (χ2v) is 4.96. The SMILES string of the molecule is CC(Cc1cccc(Cl)c1)NC(=O)CNCC(F)(F)F. The lowest BCUT2D eigenvalue weighted by Gasteiger charge is -2.15. The molecule has 0 saturated carbocycles. The minimum absolute atomic E-state index is 0.186. The summed E-state index contributed by atoms with van der Waals surface area (Å²) in [6.07, 6.45) is -3.75. The summed E-state index contributed by atoms with van der Waals surface area (Å²) in [7, 11) is 0. The van der Waals surface area contributed by atoms with Gasteiger partial charge in [-0.1, -0.05) is 23.7 Å². The smallest absolute Gasteiger partial charge is 0.352 e. The zero-order valence-electron chi connectivity index (χ0n) is 10.9. The number of hydrogen-bond donors (Lipinski definition) is 2. The molecule has 0 heterocycles. The minimum atomic E-state index is -4.31. The van der Waals surface area contributed by atoms with Crippen LogP contribution in [0, 0.1) is 0 Å². The van der Waals surface area contributed by atoms with Crippen LogP contribution in [0.1, 0.15) is 12.5 Å². The number of hydrogen-bond acceptors (Lipinski definition) is 2. The largest absolute Gasteiger partial charge is 0.401 e. The number of halogens is 4. The van der Waals surface area contributed by atoms with E-state index in [1.165, 1.54) is 0 Å². The molecule has 0 radical (unpaired) electrons. The predicted octanol–water partition coefficient (Wildman–Crippen LogP) is 2.54. The van der Waals surface area contributed by atoms with Gasteiger partial charge < -0.3 is 10.6 Å². The molecule has 20 heavy (non-hydrogen) atoms. The van der Waals surface area contributed by atoms with Gasteiger partial charge in [-0.05, 0) is 31.0 Å². The van der Waals surface area contributed by atoms with Gasteiger partial charge in [0, 0.05) is 11.1 Å². The monoisotopic (exact) mass is 308 g/mol. The Labute approximate surface area is 120 Å². The fourth-order valence-corrected chi connectivity index (χ4v) is 1.93. The van der Waals surface area contributed by atoms with E-state index in [0.29, 0.717) is 11.4 Å². The first kappa shape index (κ1) is 16.8. The molecule has 0 aliphatic rings. The summed E-state index contributed by atoms with van der Waals surface area (Å²) in [5.41, 5.74) is 0.952. The Bertz CT molecular complexity index is 451. The summed E-state index contributed by atoms with van der Waals surface area (Å²) >= 11 is 5.84. The Morgan fingerprint density at radius 2 is 2.10 bits per heavy atom. The van der Waals surface area contributed by atoms with E-state index < -0.39 is 18.6 Å². The van der Waals surface area contributed by atoms with Gasteiger partial charge >= 0.3 is 6.18 Å². The maximum absolute atomic E-state index is 11.9. The number of carbonyl (C=O) groups excluding carboxylic acids is 1. The second-order valence-electron chi connectivity index (χ2n) is 4.52. The maximum atomic E-state index is 11.9. The molecule has 0 aliphatic heterocycles. The van der Waals surface area contributed by atoms with Gasteiger partial charge in [0.25, 0.3) is 0 Å². The molecule has 1 unspecified atom stereocenters. The third kappa shape index (κ3) is 7.35. The minimum Gasteiger partial charge on any atom is -0.352 e. The molecule has 112 valence electrons. The Morgan fingerprint density at radius 3 is 2.70 bits per heavy atom. The maximum Gasteiger partial charge on any atom is 0.401 e. The van der Waals surface area contributed by atoms with Gasteiger partial charge in [-0.3, -0.25) is 4.79 Å². The fourth-order valence-electron chi connectivity index (χ4n) is 1.71. The van der Waals surface area contributed by atoms with Crippen molar-refractivity contribution in [2.45, 2.75) is 25.6 Å². The molecule has 0 spiro atoms. The highest BCUT2D eigenvalue weighted by Crippen LogP contribution is 2.13. The third-order valence-electron chi connectivity index (χ3n) is 2.45. The van der Waals surface area contributed by atoms with Crippen molar-refractivity contribution in [2.24, 2.45) is 0 Å². The molecule has 0 aromatic heterocycles. The highest BCUT2D eigenvalue weighted by atomic mass is 35.5. The van der Waals surface area contributed by atoms with E-state index in [1.54, 1.807) is 25.1 Å². The number of benzene rings is 1. The fraction of sp³-hybridized carbons (Fsp3) is 0.462. The van der Waals surface area contributed by atoms with Crippen LogP contribution in [0.2, 0.25) is 5.02 Å². The van der Waals surface area contributed by atoms with E-state index in [9.17, 15) is 18.0 Å². The molecule has 3 nitrogen and oxygen atoms in total. The van der Waals surface area contributed by atoms with Crippen molar-refractivity contribution in [1.29, 1.82) is 0 Å². The van der Waals surface area contributed by atoms with Crippen LogP contribution in [0.3, 0.4) is 0 Å². The van der Waals surface area contributed by atoms with Crippen LogP contribution < -0.4 is 10.6 Å². The van der Waals surface area contributed by atoms with Crippen LogP contribution in [-0.2, 0) is 11.2 Å². The molecule has 1 aromatic rings. The highest BCUT2D eigenvalue weighted by molar-refractivity contribution is 6.30. The number of alkyl halides is 3. The molecular formula is C13H16ClF3N2O. The number of amides is 1. The van der Waals surface area contributed by atoms with Gasteiger partial charge in [0.15, 0.2) is 0 Å². The van der Waals surface area contributed by atoms with Crippen molar-refractivity contribution in [3.8, 4) is 0 Å². The first-order valence-electron chi connectivity index (χ1n) is 6.07. The van der Waals surface area contributed by atoms with Gasteiger partial charge in [-0.25, -0.2) is 0 Å². The lowest BCUT2D eigenvalue weighted by Crippen LogP contribution is -2.42. The van der Waals surface area contributed by atoms with Gasteiger partial charge in [0.2, 0.25) is 5.91 Å². The molecule has 1 atom stereocenters. The molecule has 1 aromatic carbocycles. The van der Waals surface area contributed by atoms with Crippen molar-refractivity contribution in [3.63, 3.8) is 0 Å². The van der Waals surface area contributed by atoms with Gasteiger partial charge in [-0.2, -0.15) is 13.2 Å². The van der Waals surface area contributed by atoms with Gasteiger partial charge in [0.1, 0.15) is 0 Å². The van der Waals surface area contributed by atoms with Crippen molar-refractivity contribution in [3.05, 3.63) is 34.9 Å². The Kier molecular flexibility index (Phi) is 6.29. The van der Waals surface area contributed by atoms with Crippen LogP contribution in [0.25, 0.3) is 0 Å². The van der Waals surface area contributed by atoms with Gasteiger partial charge in [0.05, 0.1) is 13.1 Å². The lowest BCUT2D eigenvalue weighted by atomic mass is 10.1. The lowest BCUT2D eigenvalue weighted by molar-refractivity contribution is -0.128. The van der Waals surface area contributed by atoms with E-state index in [-0.39, 0.29) is 12.6 Å². The molecule has 0 saturated heterocycles. The second kappa shape index (κ2) is 7.50. The average molecular weight is 309 g/mol. The molecule has 0 fully saturated rings. The Morgan fingerprint density at radius 1 is 1.40 bits per heavy atom. The van der Waals surface area contributed by atoms with Crippen molar-refractivity contribution in [2.75, 3.05) is 13.1 Å². The van der Waals surface area contributed by atoms with Crippen molar-refractivity contribution >= 4 is 17.5 Å². The topological polar surface area (TPSA) is 41.1 Å².